The molecule has 8 heteroatoms. The van der Waals surface area contributed by atoms with E-state index in [-0.39, 0.29) is 0 Å². The van der Waals surface area contributed by atoms with Crippen molar-refractivity contribution >= 4 is 28.8 Å². The van der Waals surface area contributed by atoms with E-state index in [4.69, 9.17) is 33.0 Å². The monoisotopic (exact) mass is 487 g/mol. The van der Waals surface area contributed by atoms with E-state index < -0.39 is 0 Å². The molecule has 2 aromatic heterocycles. The van der Waals surface area contributed by atoms with Crippen LogP contribution in [0.25, 0.3) is 5.65 Å². The summed E-state index contributed by atoms with van der Waals surface area (Å²) >= 11 is 12.6. The number of likely N-dealkylation sites (tertiary alicyclic amines) is 1. The highest BCUT2D eigenvalue weighted by Gasteiger charge is 2.25. The van der Waals surface area contributed by atoms with Gasteiger partial charge in [-0.05, 0) is 68.5 Å². The molecule has 5 rings (SSSR count). The first-order chi connectivity index (χ1) is 16.2. The van der Waals surface area contributed by atoms with Crippen molar-refractivity contribution in [3.63, 3.8) is 0 Å². The Morgan fingerprint density at radius 3 is 2.70 bits per heavy atom. The lowest BCUT2D eigenvalue weighted by molar-refractivity contribution is 0.0662. The van der Waals surface area contributed by atoms with E-state index in [1.807, 2.05) is 22.8 Å². The van der Waals surface area contributed by atoms with Crippen molar-refractivity contribution in [2.24, 2.45) is 5.92 Å². The van der Waals surface area contributed by atoms with Crippen LogP contribution in [0.3, 0.4) is 0 Å². The van der Waals surface area contributed by atoms with Gasteiger partial charge >= 0.3 is 0 Å². The number of piperidine rings is 1. The van der Waals surface area contributed by atoms with Crippen LogP contribution in [0.4, 0.5) is 0 Å². The minimum atomic E-state index is 0.399. The second kappa shape index (κ2) is 10.7. The van der Waals surface area contributed by atoms with Gasteiger partial charge in [-0.25, -0.2) is 9.50 Å². The largest absolute Gasteiger partial charge is 0.381 e. The van der Waals surface area contributed by atoms with E-state index in [9.17, 15) is 0 Å². The van der Waals surface area contributed by atoms with E-state index in [0.717, 1.165) is 81.3 Å². The fraction of sp³-hybridized carbons (Fsp3) is 0.520. The van der Waals surface area contributed by atoms with Gasteiger partial charge in [0.05, 0.1) is 5.69 Å². The van der Waals surface area contributed by atoms with Gasteiger partial charge in [0.25, 0.3) is 0 Å². The molecule has 0 bridgehead atoms. The molecule has 0 aliphatic carbocycles. The van der Waals surface area contributed by atoms with Crippen molar-refractivity contribution in [2.45, 2.75) is 44.7 Å². The molecule has 2 aliphatic heterocycles. The number of fused-ring (bicyclic) bond motifs is 1. The van der Waals surface area contributed by atoms with Crippen molar-refractivity contribution in [2.75, 3.05) is 32.8 Å². The highest BCUT2D eigenvalue weighted by atomic mass is 35.5. The quantitative estimate of drug-likeness (QED) is 0.511. The molecule has 1 atom stereocenters. The van der Waals surface area contributed by atoms with Crippen LogP contribution >= 0.6 is 23.2 Å². The van der Waals surface area contributed by atoms with Gasteiger partial charge in [-0.2, -0.15) is 5.10 Å². The molecule has 0 radical (unpaired) electrons. The number of hydrogen-bond donors (Lipinski definition) is 1. The SMILES string of the molecule is Clc1ccc(CN2CCCC(c3ccnc4c(CNCC5CCOCC5)c(Cl)nn34)C2)cc1. The Bertz CT molecular complexity index is 1060. The molecule has 2 saturated heterocycles. The van der Waals surface area contributed by atoms with Crippen LogP contribution in [0.5, 0.6) is 0 Å². The molecule has 33 heavy (non-hydrogen) atoms. The predicted molar refractivity (Wildman–Crippen MR) is 132 cm³/mol. The Hall–Kier alpha value is -1.70. The highest BCUT2D eigenvalue weighted by molar-refractivity contribution is 6.30. The number of hydrogen-bond acceptors (Lipinski definition) is 5. The van der Waals surface area contributed by atoms with Gasteiger partial charge in [0.2, 0.25) is 0 Å². The fourth-order valence-electron chi connectivity index (χ4n) is 5.08. The minimum absolute atomic E-state index is 0.399. The lowest BCUT2D eigenvalue weighted by Crippen LogP contribution is -2.34. The van der Waals surface area contributed by atoms with Crippen LogP contribution in [0.15, 0.2) is 36.5 Å². The molecule has 0 saturated carbocycles. The molecule has 4 heterocycles. The molecule has 3 aromatic rings. The van der Waals surface area contributed by atoms with Crippen LogP contribution < -0.4 is 5.32 Å². The maximum absolute atomic E-state index is 6.60. The molecule has 2 fully saturated rings. The first kappa shape index (κ1) is 23.1. The summed E-state index contributed by atoms with van der Waals surface area (Å²) < 4.78 is 7.44. The van der Waals surface area contributed by atoms with Crippen LogP contribution in [-0.2, 0) is 17.8 Å². The Morgan fingerprint density at radius 1 is 1.06 bits per heavy atom. The van der Waals surface area contributed by atoms with Gasteiger partial charge in [0.15, 0.2) is 10.8 Å². The van der Waals surface area contributed by atoms with Crippen LogP contribution in [0.1, 0.15) is 48.4 Å². The highest BCUT2D eigenvalue weighted by Crippen LogP contribution is 2.30. The lowest BCUT2D eigenvalue weighted by Gasteiger charge is -2.33. The topological polar surface area (TPSA) is 54.7 Å². The third kappa shape index (κ3) is 5.52. The number of nitrogens with zero attached hydrogens (tertiary/aromatic N) is 4. The third-order valence-corrected chi connectivity index (χ3v) is 7.47. The Kier molecular flexibility index (Phi) is 7.48. The van der Waals surface area contributed by atoms with Crippen LogP contribution in [-0.4, -0.2) is 52.3 Å². The smallest absolute Gasteiger partial charge is 0.161 e. The Labute approximate surface area is 205 Å². The zero-order valence-corrected chi connectivity index (χ0v) is 20.4. The van der Waals surface area contributed by atoms with E-state index in [0.29, 0.717) is 23.5 Å². The van der Waals surface area contributed by atoms with Crippen molar-refractivity contribution in [3.05, 3.63) is 63.5 Å². The van der Waals surface area contributed by atoms with Gasteiger partial charge in [-0.1, -0.05) is 35.3 Å². The van der Waals surface area contributed by atoms with Gasteiger partial charge < -0.3 is 10.1 Å². The number of ether oxygens (including phenoxy) is 1. The lowest BCUT2D eigenvalue weighted by atomic mass is 9.94. The molecular weight excluding hydrogens is 457 g/mol. The molecule has 6 nitrogen and oxygen atoms in total. The van der Waals surface area contributed by atoms with Gasteiger partial charge in [0, 0.05) is 55.5 Å². The summed E-state index contributed by atoms with van der Waals surface area (Å²) in [5.74, 6) is 1.06. The number of nitrogens with one attached hydrogen (secondary N) is 1. The van der Waals surface area contributed by atoms with Crippen molar-refractivity contribution < 1.29 is 4.74 Å². The zero-order chi connectivity index (χ0) is 22.6. The molecule has 2 aliphatic rings. The van der Waals surface area contributed by atoms with Gasteiger partial charge in [0.1, 0.15) is 0 Å². The molecule has 1 N–H and O–H groups in total. The van der Waals surface area contributed by atoms with Gasteiger partial charge in [-0.3, -0.25) is 4.90 Å². The Balaban J connectivity index is 1.28. The fourth-order valence-corrected chi connectivity index (χ4v) is 5.44. The molecule has 1 aromatic carbocycles. The maximum atomic E-state index is 6.60. The average Bonchev–Trinajstić information content (AvgIpc) is 3.16. The third-order valence-electron chi connectivity index (χ3n) is 6.91. The summed E-state index contributed by atoms with van der Waals surface area (Å²) in [6.45, 7) is 6.42. The second-order valence-corrected chi connectivity index (χ2v) is 10.1. The number of benzene rings is 1. The summed E-state index contributed by atoms with van der Waals surface area (Å²) in [5.41, 5.74) is 4.34. The normalized spacial score (nSPS) is 20.5. The minimum Gasteiger partial charge on any atom is -0.381 e. The first-order valence-corrected chi connectivity index (χ1v) is 12.7. The summed E-state index contributed by atoms with van der Waals surface area (Å²) in [6.07, 6.45) is 6.45. The second-order valence-electron chi connectivity index (χ2n) is 9.26. The van der Waals surface area contributed by atoms with Crippen molar-refractivity contribution in [1.29, 1.82) is 0 Å². The van der Waals surface area contributed by atoms with E-state index in [1.54, 1.807) is 0 Å². The maximum Gasteiger partial charge on any atom is 0.161 e. The van der Waals surface area contributed by atoms with Crippen LogP contribution in [0, 0.1) is 5.92 Å². The summed E-state index contributed by atoms with van der Waals surface area (Å²) in [4.78, 5) is 7.17. The number of rotatable bonds is 7. The number of halogens is 2. The molecule has 0 amide bonds. The molecule has 0 spiro atoms. The van der Waals surface area contributed by atoms with Crippen LogP contribution in [0.2, 0.25) is 10.2 Å². The summed E-state index contributed by atoms with van der Waals surface area (Å²) in [7, 11) is 0. The predicted octanol–water partition coefficient (Wildman–Crippen LogP) is 4.93. The zero-order valence-electron chi connectivity index (χ0n) is 18.9. The summed E-state index contributed by atoms with van der Waals surface area (Å²) in [5, 5.41) is 9.60. The molecule has 176 valence electrons. The standard InChI is InChI=1S/C25H31Cl2N5O/c26-21-5-3-19(4-6-21)16-31-11-1-2-20(17-31)23-7-10-29-25-22(24(27)30-32(23)25)15-28-14-18-8-12-33-13-9-18/h3-7,10,18,20,28H,1-2,8-9,11-17H2. The molecule has 1 unspecified atom stereocenters. The van der Waals surface area contributed by atoms with Gasteiger partial charge in [-0.15, -0.1) is 0 Å². The first-order valence-electron chi connectivity index (χ1n) is 11.9. The van der Waals surface area contributed by atoms with E-state index in [1.165, 1.54) is 11.3 Å². The van der Waals surface area contributed by atoms with E-state index >= 15 is 0 Å². The molecular formula is C25H31Cl2N5O. The Morgan fingerprint density at radius 2 is 1.88 bits per heavy atom. The van der Waals surface area contributed by atoms with E-state index in [2.05, 4.69) is 33.4 Å². The number of aromatic nitrogens is 3. The average molecular weight is 488 g/mol. The van der Waals surface area contributed by atoms with Crippen molar-refractivity contribution in [1.82, 2.24) is 24.8 Å². The van der Waals surface area contributed by atoms with Crippen molar-refractivity contribution in [3.8, 4) is 0 Å². The summed E-state index contributed by atoms with van der Waals surface area (Å²) in [6, 6.07) is 10.3.